The minimum atomic E-state index is 0.409. The van der Waals surface area contributed by atoms with Crippen LogP contribution in [0.1, 0.15) is 24.2 Å². The molecule has 3 heterocycles. The van der Waals surface area contributed by atoms with E-state index in [0.717, 1.165) is 42.1 Å². The highest BCUT2D eigenvalue weighted by Gasteiger charge is 2.09. The molecule has 1 N–H and O–H groups in total. The van der Waals surface area contributed by atoms with Crippen molar-refractivity contribution in [3.8, 4) is 6.07 Å². The molecule has 0 aliphatic carbocycles. The maximum Gasteiger partial charge on any atom is 0.163 e. The summed E-state index contributed by atoms with van der Waals surface area (Å²) >= 11 is 0. The van der Waals surface area contributed by atoms with Crippen LogP contribution in [0.4, 0.5) is 5.82 Å². The van der Waals surface area contributed by atoms with Gasteiger partial charge >= 0.3 is 0 Å². The van der Waals surface area contributed by atoms with Gasteiger partial charge < -0.3 is 5.32 Å². The lowest BCUT2D eigenvalue weighted by molar-refractivity contribution is 0.573. The lowest BCUT2D eigenvalue weighted by Gasteiger charge is -2.08. The molecular formula is C16H20N8. The number of aromatic nitrogens is 6. The van der Waals surface area contributed by atoms with Gasteiger partial charge in [0.1, 0.15) is 12.1 Å². The quantitative estimate of drug-likeness (QED) is 0.668. The fraction of sp³-hybridized carbons (Fsp3) is 0.438. The van der Waals surface area contributed by atoms with Crippen LogP contribution in [0.5, 0.6) is 0 Å². The summed E-state index contributed by atoms with van der Waals surface area (Å²) in [4.78, 5) is 8.57. The first-order valence-corrected chi connectivity index (χ1v) is 7.97. The van der Waals surface area contributed by atoms with E-state index >= 15 is 0 Å². The first-order chi connectivity index (χ1) is 11.7. The summed E-state index contributed by atoms with van der Waals surface area (Å²) in [5.74, 6) is 0.775. The van der Waals surface area contributed by atoms with Crippen LogP contribution in [-0.2, 0) is 13.1 Å². The number of fused-ring (bicyclic) bond motifs is 1. The molecule has 0 fully saturated rings. The molecule has 0 amide bonds. The molecule has 8 heteroatoms. The molecule has 0 atom stereocenters. The maximum absolute atomic E-state index is 8.71. The van der Waals surface area contributed by atoms with E-state index in [0.29, 0.717) is 13.0 Å². The van der Waals surface area contributed by atoms with Crippen molar-refractivity contribution >= 4 is 16.9 Å². The average Bonchev–Trinajstić information content (AvgIpc) is 3.13. The van der Waals surface area contributed by atoms with Crippen LogP contribution in [0.2, 0.25) is 0 Å². The minimum Gasteiger partial charge on any atom is -0.369 e. The molecule has 3 aromatic heterocycles. The number of aryl methyl sites for hydroxylation is 4. The molecule has 124 valence electrons. The Morgan fingerprint density at radius 1 is 1.21 bits per heavy atom. The smallest absolute Gasteiger partial charge is 0.163 e. The van der Waals surface area contributed by atoms with Crippen molar-refractivity contribution in [3.05, 3.63) is 30.0 Å². The zero-order valence-corrected chi connectivity index (χ0v) is 13.9. The van der Waals surface area contributed by atoms with Gasteiger partial charge in [0.25, 0.3) is 0 Å². The molecule has 0 spiro atoms. The average molecular weight is 324 g/mol. The summed E-state index contributed by atoms with van der Waals surface area (Å²) in [5.41, 5.74) is 2.97. The van der Waals surface area contributed by atoms with Gasteiger partial charge in [-0.1, -0.05) is 0 Å². The zero-order chi connectivity index (χ0) is 16.9. The summed E-state index contributed by atoms with van der Waals surface area (Å²) in [6.07, 6.45) is 4.62. The van der Waals surface area contributed by atoms with E-state index in [1.807, 2.05) is 11.6 Å². The maximum atomic E-state index is 8.71. The van der Waals surface area contributed by atoms with E-state index < -0.39 is 0 Å². The second kappa shape index (κ2) is 7.08. The third kappa shape index (κ3) is 3.35. The zero-order valence-electron chi connectivity index (χ0n) is 13.9. The Labute approximate surface area is 140 Å². The van der Waals surface area contributed by atoms with Crippen molar-refractivity contribution < 1.29 is 0 Å². The summed E-state index contributed by atoms with van der Waals surface area (Å²) in [7, 11) is 0. The Kier molecular flexibility index (Phi) is 4.70. The standard InChI is InChI=1S/C16H20N8/c1-12-9-13(2)23(22-12)8-4-6-18-15-14-10-21-24(7-3-5-17)16(14)20-11-19-15/h9-11H,3-4,6-8H2,1-2H3,(H,18,19,20). The van der Waals surface area contributed by atoms with Crippen molar-refractivity contribution in [1.29, 1.82) is 5.26 Å². The van der Waals surface area contributed by atoms with Crippen molar-refractivity contribution in [2.24, 2.45) is 0 Å². The fourth-order valence-electron chi connectivity index (χ4n) is 2.69. The molecule has 0 radical (unpaired) electrons. The number of nitriles is 1. The molecule has 0 aliphatic heterocycles. The van der Waals surface area contributed by atoms with E-state index in [-0.39, 0.29) is 0 Å². The molecular weight excluding hydrogens is 304 g/mol. The lowest BCUT2D eigenvalue weighted by Crippen LogP contribution is -2.10. The Hall–Kier alpha value is -2.95. The van der Waals surface area contributed by atoms with Crippen LogP contribution < -0.4 is 5.32 Å². The molecule has 8 nitrogen and oxygen atoms in total. The molecule has 0 unspecified atom stereocenters. The molecule has 24 heavy (non-hydrogen) atoms. The largest absolute Gasteiger partial charge is 0.369 e. The Bertz CT molecular complexity index is 870. The van der Waals surface area contributed by atoms with Crippen molar-refractivity contribution in [2.75, 3.05) is 11.9 Å². The number of hydrogen-bond donors (Lipinski definition) is 1. The number of nitrogens with zero attached hydrogens (tertiary/aromatic N) is 7. The number of rotatable bonds is 7. The monoisotopic (exact) mass is 324 g/mol. The van der Waals surface area contributed by atoms with Gasteiger partial charge in [-0.15, -0.1) is 0 Å². The van der Waals surface area contributed by atoms with Crippen molar-refractivity contribution in [1.82, 2.24) is 29.5 Å². The highest BCUT2D eigenvalue weighted by molar-refractivity contribution is 5.85. The SMILES string of the molecule is Cc1cc(C)n(CCCNc2ncnc3c2cnn3CCC#N)n1. The summed E-state index contributed by atoms with van der Waals surface area (Å²) in [6, 6.07) is 4.20. The lowest BCUT2D eigenvalue weighted by atomic mass is 10.3. The third-order valence-corrected chi connectivity index (χ3v) is 3.81. The van der Waals surface area contributed by atoms with Gasteiger partial charge in [0.05, 0.1) is 36.3 Å². The number of anilines is 1. The predicted octanol–water partition coefficient (Wildman–Crippen LogP) is 2.06. The van der Waals surface area contributed by atoms with Crippen LogP contribution in [0.3, 0.4) is 0 Å². The summed E-state index contributed by atoms with van der Waals surface area (Å²) < 4.78 is 3.76. The molecule has 3 rings (SSSR count). The second-order valence-corrected chi connectivity index (χ2v) is 5.67. The van der Waals surface area contributed by atoms with Gasteiger partial charge in [-0.2, -0.15) is 15.5 Å². The summed E-state index contributed by atoms with van der Waals surface area (Å²) in [5, 5.41) is 21.7. The van der Waals surface area contributed by atoms with E-state index in [1.165, 1.54) is 12.0 Å². The van der Waals surface area contributed by atoms with Gasteiger partial charge in [0.2, 0.25) is 0 Å². The van der Waals surface area contributed by atoms with Gasteiger partial charge in [-0.25, -0.2) is 14.6 Å². The van der Waals surface area contributed by atoms with Crippen LogP contribution in [0.15, 0.2) is 18.6 Å². The first-order valence-electron chi connectivity index (χ1n) is 7.97. The highest BCUT2D eigenvalue weighted by Crippen LogP contribution is 2.18. The summed E-state index contributed by atoms with van der Waals surface area (Å²) in [6.45, 7) is 6.25. The Balaban J connectivity index is 1.62. The normalized spacial score (nSPS) is 10.9. The van der Waals surface area contributed by atoms with E-state index in [4.69, 9.17) is 5.26 Å². The van der Waals surface area contributed by atoms with Crippen LogP contribution in [-0.4, -0.2) is 36.1 Å². The minimum absolute atomic E-state index is 0.409. The van der Waals surface area contributed by atoms with E-state index in [9.17, 15) is 0 Å². The molecule has 0 saturated carbocycles. The number of nitrogens with one attached hydrogen (secondary N) is 1. The molecule has 0 aliphatic rings. The van der Waals surface area contributed by atoms with Crippen LogP contribution in [0.25, 0.3) is 11.0 Å². The fourth-order valence-corrected chi connectivity index (χ4v) is 2.69. The second-order valence-electron chi connectivity index (χ2n) is 5.67. The molecule has 0 bridgehead atoms. The van der Waals surface area contributed by atoms with Crippen molar-refractivity contribution in [3.63, 3.8) is 0 Å². The molecule has 0 aromatic carbocycles. The van der Waals surface area contributed by atoms with Gasteiger partial charge in [0, 0.05) is 18.8 Å². The van der Waals surface area contributed by atoms with E-state index in [2.05, 4.69) is 44.5 Å². The number of hydrogen-bond acceptors (Lipinski definition) is 6. The van der Waals surface area contributed by atoms with Crippen LogP contribution >= 0.6 is 0 Å². The predicted molar refractivity (Wildman–Crippen MR) is 90.4 cm³/mol. The molecule has 3 aromatic rings. The Morgan fingerprint density at radius 2 is 2.08 bits per heavy atom. The van der Waals surface area contributed by atoms with Crippen molar-refractivity contribution in [2.45, 2.75) is 39.8 Å². The van der Waals surface area contributed by atoms with Gasteiger partial charge in [-0.05, 0) is 26.3 Å². The topological polar surface area (TPSA) is 97.2 Å². The van der Waals surface area contributed by atoms with E-state index in [1.54, 1.807) is 10.9 Å². The highest BCUT2D eigenvalue weighted by atomic mass is 15.3. The van der Waals surface area contributed by atoms with Crippen LogP contribution in [0, 0.1) is 25.2 Å². The van der Waals surface area contributed by atoms with Gasteiger partial charge in [-0.3, -0.25) is 4.68 Å². The molecule has 0 saturated heterocycles. The van der Waals surface area contributed by atoms with Gasteiger partial charge in [0.15, 0.2) is 5.65 Å². The first kappa shape index (κ1) is 15.9. The third-order valence-electron chi connectivity index (χ3n) is 3.81. The Morgan fingerprint density at radius 3 is 2.83 bits per heavy atom.